The molecule has 0 atom stereocenters. The van der Waals surface area contributed by atoms with Gasteiger partial charge in [0.25, 0.3) is 10.0 Å². The Hall–Kier alpha value is -2.77. The lowest BCUT2D eigenvalue weighted by Gasteiger charge is -2.31. The summed E-state index contributed by atoms with van der Waals surface area (Å²) in [5.74, 6) is -6.82. The summed E-state index contributed by atoms with van der Waals surface area (Å²) in [7, 11) is -4.82. The van der Waals surface area contributed by atoms with Gasteiger partial charge in [-0.05, 0) is 31.6 Å². The molecule has 0 radical (unpaired) electrons. The quantitative estimate of drug-likeness (QED) is 0.350. The zero-order valence-electron chi connectivity index (χ0n) is 16.8. The summed E-state index contributed by atoms with van der Waals surface area (Å²) in [5, 5.41) is 3.63. The van der Waals surface area contributed by atoms with Gasteiger partial charge in [0, 0.05) is 35.7 Å². The zero-order chi connectivity index (χ0) is 23.8. The average molecular weight is 505 g/mol. The molecule has 2 aromatic carbocycles. The van der Waals surface area contributed by atoms with Gasteiger partial charge in [0.15, 0.2) is 22.3 Å². The molecular formula is C20H17F5N4O2S2. The third-order valence-electron chi connectivity index (χ3n) is 5.16. The number of halogens is 5. The summed E-state index contributed by atoms with van der Waals surface area (Å²) in [6, 6.07) is 2.33. The number of nitrogens with one attached hydrogen (secondary N) is 2. The molecule has 2 N–H and O–H groups in total. The van der Waals surface area contributed by atoms with Gasteiger partial charge >= 0.3 is 0 Å². The van der Waals surface area contributed by atoms with Crippen molar-refractivity contribution in [2.24, 2.45) is 0 Å². The predicted octanol–water partition coefficient (Wildman–Crippen LogP) is 4.46. The van der Waals surface area contributed by atoms with Crippen LogP contribution in [0.25, 0.3) is 0 Å². The second kappa shape index (κ2) is 9.23. The highest BCUT2D eigenvalue weighted by Gasteiger charge is 2.30. The minimum absolute atomic E-state index is 0.0511. The fourth-order valence-electron chi connectivity index (χ4n) is 3.35. The number of nitrogens with zero attached hydrogens (tertiary/aromatic N) is 2. The van der Waals surface area contributed by atoms with Gasteiger partial charge in [-0.1, -0.05) is 0 Å². The molecule has 1 aliphatic rings. The van der Waals surface area contributed by atoms with Crippen LogP contribution in [0, 0.1) is 29.1 Å². The van der Waals surface area contributed by atoms with Crippen LogP contribution in [0.3, 0.4) is 0 Å². The molecule has 176 valence electrons. The van der Waals surface area contributed by atoms with Crippen molar-refractivity contribution in [2.75, 3.05) is 23.1 Å². The van der Waals surface area contributed by atoms with E-state index in [1.807, 2.05) is 9.62 Å². The van der Waals surface area contributed by atoms with Crippen molar-refractivity contribution in [3.8, 4) is 0 Å². The first-order valence-electron chi connectivity index (χ1n) is 9.68. The third kappa shape index (κ3) is 4.80. The second-order valence-electron chi connectivity index (χ2n) is 7.31. The Bertz CT molecular complexity index is 1280. The Morgan fingerprint density at radius 3 is 2.30 bits per heavy atom. The molecule has 0 saturated carbocycles. The van der Waals surface area contributed by atoms with Crippen molar-refractivity contribution in [1.29, 1.82) is 0 Å². The number of benzene rings is 2. The Morgan fingerprint density at radius 2 is 1.70 bits per heavy atom. The summed E-state index contributed by atoms with van der Waals surface area (Å²) in [5.41, 5.74) is 0.482. The van der Waals surface area contributed by atoms with E-state index in [1.165, 1.54) is 10.9 Å². The van der Waals surface area contributed by atoms with Crippen molar-refractivity contribution >= 4 is 32.9 Å². The fraction of sp³-hybridized carbons (Fsp3) is 0.250. The summed E-state index contributed by atoms with van der Waals surface area (Å²) in [6.07, 6.45) is 0.931. The molecular weight excluding hydrogens is 487 g/mol. The maximum atomic E-state index is 14.6. The first-order chi connectivity index (χ1) is 15.7. The Balaban J connectivity index is 1.61. The highest BCUT2D eigenvalue weighted by atomic mass is 32.2. The van der Waals surface area contributed by atoms with Crippen molar-refractivity contribution < 1.29 is 30.4 Å². The summed E-state index contributed by atoms with van der Waals surface area (Å²) < 4.78 is 99.0. The van der Waals surface area contributed by atoms with E-state index in [4.69, 9.17) is 0 Å². The average Bonchev–Trinajstić information content (AvgIpc) is 3.21. The van der Waals surface area contributed by atoms with Crippen LogP contribution in [-0.2, 0) is 23.1 Å². The maximum absolute atomic E-state index is 14.6. The molecule has 0 amide bonds. The lowest BCUT2D eigenvalue weighted by atomic mass is 10.0. The van der Waals surface area contributed by atoms with Crippen molar-refractivity contribution in [1.82, 2.24) is 9.88 Å². The van der Waals surface area contributed by atoms with E-state index in [1.54, 1.807) is 0 Å². The van der Waals surface area contributed by atoms with Crippen LogP contribution in [0.15, 0.2) is 34.0 Å². The largest absolute Gasteiger partial charge is 0.378 e. The number of sulfonamides is 1. The standard InChI is InChI=1S/C20H17F5N4O2S2/c21-13-2-3-14(22)12(8-29-4-1-5-29)11(13)7-26-16-6-15(23)20(19(25)18(16)24)33(30,31)28-17-9-32-10-27-17/h2-3,6,9-10,26,28H,1,4-5,7-8H2. The smallest absolute Gasteiger partial charge is 0.269 e. The van der Waals surface area contributed by atoms with Crippen LogP contribution >= 0.6 is 11.3 Å². The summed E-state index contributed by atoms with van der Waals surface area (Å²) in [4.78, 5) is 4.02. The van der Waals surface area contributed by atoms with Gasteiger partial charge in [0.2, 0.25) is 0 Å². The van der Waals surface area contributed by atoms with E-state index in [0.29, 0.717) is 6.07 Å². The van der Waals surface area contributed by atoms with Gasteiger partial charge < -0.3 is 5.32 Å². The summed E-state index contributed by atoms with van der Waals surface area (Å²) in [6.45, 7) is 1.09. The van der Waals surface area contributed by atoms with Gasteiger partial charge in [-0.25, -0.2) is 35.4 Å². The molecule has 0 aliphatic carbocycles. The van der Waals surface area contributed by atoms with E-state index in [9.17, 15) is 30.4 Å². The third-order valence-corrected chi connectivity index (χ3v) is 7.14. The molecule has 2 heterocycles. The second-order valence-corrected chi connectivity index (χ2v) is 9.65. The number of thiazole rings is 1. The minimum Gasteiger partial charge on any atom is -0.378 e. The van der Waals surface area contributed by atoms with Gasteiger partial charge in [-0.2, -0.15) is 0 Å². The predicted molar refractivity (Wildman–Crippen MR) is 113 cm³/mol. The van der Waals surface area contributed by atoms with Gasteiger partial charge in [-0.15, -0.1) is 11.3 Å². The molecule has 1 fully saturated rings. The molecule has 1 aliphatic heterocycles. The van der Waals surface area contributed by atoms with Crippen molar-refractivity contribution in [3.05, 3.63) is 69.3 Å². The topological polar surface area (TPSA) is 74.3 Å². The van der Waals surface area contributed by atoms with E-state index >= 15 is 0 Å². The first kappa shape index (κ1) is 23.4. The SMILES string of the molecule is O=S(=O)(Nc1cscn1)c1c(F)cc(NCc2c(F)ccc(F)c2CN2CCC2)c(F)c1F. The Labute approximate surface area is 190 Å². The molecule has 4 rings (SSSR count). The Kier molecular flexibility index (Phi) is 6.54. The van der Waals surface area contributed by atoms with Crippen LogP contribution in [0.4, 0.5) is 33.5 Å². The normalized spacial score (nSPS) is 14.2. The number of hydrogen-bond donors (Lipinski definition) is 2. The van der Waals surface area contributed by atoms with Crippen LogP contribution < -0.4 is 10.0 Å². The van der Waals surface area contributed by atoms with Gasteiger partial charge in [0.05, 0.1) is 11.2 Å². The molecule has 1 saturated heterocycles. The number of anilines is 2. The zero-order valence-corrected chi connectivity index (χ0v) is 18.5. The molecule has 1 aromatic heterocycles. The number of likely N-dealkylation sites (tertiary alicyclic amines) is 1. The number of aromatic nitrogens is 1. The summed E-state index contributed by atoms with van der Waals surface area (Å²) >= 11 is 1.04. The molecule has 3 aromatic rings. The molecule has 13 heteroatoms. The van der Waals surface area contributed by atoms with Crippen molar-refractivity contribution in [2.45, 2.75) is 24.4 Å². The van der Waals surface area contributed by atoms with Gasteiger partial charge in [-0.3, -0.25) is 9.62 Å². The van der Waals surface area contributed by atoms with E-state index in [0.717, 1.165) is 43.0 Å². The maximum Gasteiger partial charge on any atom is 0.269 e. The molecule has 33 heavy (non-hydrogen) atoms. The highest BCUT2D eigenvalue weighted by Crippen LogP contribution is 2.30. The number of rotatable bonds is 8. The molecule has 6 nitrogen and oxygen atoms in total. The monoisotopic (exact) mass is 504 g/mol. The molecule has 0 unspecified atom stereocenters. The number of hydrogen-bond acceptors (Lipinski definition) is 6. The van der Waals surface area contributed by atoms with Gasteiger partial charge in [0.1, 0.15) is 17.5 Å². The van der Waals surface area contributed by atoms with Crippen molar-refractivity contribution in [3.63, 3.8) is 0 Å². The lowest BCUT2D eigenvalue weighted by Crippen LogP contribution is -2.37. The highest BCUT2D eigenvalue weighted by molar-refractivity contribution is 7.92. The van der Waals surface area contributed by atoms with Crippen LogP contribution in [0.2, 0.25) is 0 Å². The molecule has 0 bridgehead atoms. The molecule has 0 spiro atoms. The first-order valence-corrected chi connectivity index (χ1v) is 12.1. The fourth-order valence-corrected chi connectivity index (χ4v) is 5.04. The van der Waals surface area contributed by atoms with E-state index < -0.39 is 56.2 Å². The minimum atomic E-state index is -4.82. The van der Waals surface area contributed by atoms with E-state index in [-0.39, 0.29) is 23.5 Å². The Morgan fingerprint density at radius 1 is 1.00 bits per heavy atom. The lowest BCUT2D eigenvalue weighted by molar-refractivity contribution is 0.169. The van der Waals surface area contributed by atoms with Crippen LogP contribution in [-0.4, -0.2) is 31.4 Å². The van der Waals surface area contributed by atoms with Crippen LogP contribution in [0.5, 0.6) is 0 Å². The van der Waals surface area contributed by atoms with E-state index in [2.05, 4.69) is 10.3 Å². The van der Waals surface area contributed by atoms with Crippen LogP contribution in [0.1, 0.15) is 17.5 Å².